The minimum atomic E-state index is -4.50. The van der Waals surface area contributed by atoms with E-state index in [1.54, 1.807) is 0 Å². The average molecular weight is 633 g/mol. The predicted molar refractivity (Wildman–Crippen MR) is 155 cm³/mol. The van der Waals surface area contributed by atoms with Gasteiger partial charge in [-0.2, -0.15) is 17.5 Å². The lowest BCUT2D eigenvalue weighted by Gasteiger charge is -2.46. The number of hydrogen-bond donors (Lipinski definition) is 2. The van der Waals surface area contributed by atoms with E-state index in [4.69, 9.17) is 4.99 Å². The molecule has 1 amide bonds. The molecule has 12 heteroatoms. The predicted octanol–water partition coefficient (Wildman–Crippen LogP) is 5.41. The van der Waals surface area contributed by atoms with Crippen LogP contribution in [-0.4, -0.2) is 48.1 Å². The molecule has 2 bridgehead atoms. The highest BCUT2D eigenvalue weighted by Crippen LogP contribution is 2.61. The highest BCUT2D eigenvalue weighted by molar-refractivity contribution is 7.89. The summed E-state index contributed by atoms with van der Waals surface area (Å²) in [7, 11) is -4.14. The van der Waals surface area contributed by atoms with Gasteiger partial charge in [0.15, 0.2) is 6.04 Å². The minimum absolute atomic E-state index is 0.0537. The fraction of sp³-hybridized carbons (Fsp3) is 0.562. The lowest BCUT2D eigenvalue weighted by molar-refractivity contribution is -0.137. The molecule has 2 aromatic rings. The highest BCUT2D eigenvalue weighted by atomic mass is 32.2. The minimum Gasteiger partial charge on any atom is -0.365 e. The monoisotopic (exact) mass is 632 g/mol. The van der Waals surface area contributed by atoms with E-state index in [1.807, 2.05) is 0 Å². The molecule has 6 aliphatic rings. The Bertz CT molecular complexity index is 1560. The summed E-state index contributed by atoms with van der Waals surface area (Å²) in [5.41, 5.74) is -1.54. The summed E-state index contributed by atoms with van der Waals surface area (Å²) in [6.07, 6.45) is 3.32. The number of sulfonamides is 1. The van der Waals surface area contributed by atoms with Crippen molar-refractivity contribution in [2.75, 3.05) is 6.54 Å². The van der Waals surface area contributed by atoms with Gasteiger partial charge >= 0.3 is 6.18 Å². The largest absolute Gasteiger partial charge is 0.416 e. The fourth-order valence-electron chi connectivity index (χ4n) is 7.89. The zero-order chi connectivity index (χ0) is 30.9. The smallest absolute Gasteiger partial charge is 0.365 e. The van der Waals surface area contributed by atoms with Crippen molar-refractivity contribution in [1.29, 1.82) is 0 Å². The van der Waals surface area contributed by atoms with Crippen molar-refractivity contribution in [3.05, 3.63) is 65.5 Å². The molecule has 1 unspecified atom stereocenters. The van der Waals surface area contributed by atoms with E-state index in [-0.39, 0.29) is 34.7 Å². The zero-order valence-corrected chi connectivity index (χ0v) is 25.1. The first-order valence-corrected chi connectivity index (χ1v) is 16.9. The van der Waals surface area contributed by atoms with E-state index < -0.39 is 39.2 Å². The molecular formula is C32H36F4N4O3S. The van der Waals surface area contributed by atoms with Gasteiger partial charge in [-0.3, -0.25) is 9.79 Å². The third-order valence-corrected chi connectivity index (χ3v) is 12.8. The summed E-state index contributed by atoms with van der Waals surface area (Å²) in [5, 5.41) is 6.75. The lowest BCUT2D eigenvalue weighted by atomic mass is 9.71. The van der Waals surface area contributed by atoms with Crippen LogP contribution in [0, 0.1) is 23.6 Å². The van der Waals surface area contributed by atoms with Crippen LogP contribution in [0.1, 0.15) is 68.9 Å². The van der Waals surface area contributed by atoms with E-state index >= 15 is 0 Å². The first-order valence-electron chi connectivity index (χ1n) is 15.5. The molecule has 2 aromatic carbocycles. The molecule has 1 aliphatic heterocycles. The second-order valence-corrected chi connectivity index (χ2v) is 15.3. The number of fused-ring (bicyclic) bond motifs is 1. The SMILES string of the molecule is O=C(NCC1CCC1)C1N=C([C@H]2CC3(N(Cc4ccc(C(F)(F)F)cc4)S(=O)(=O)c4ccc(F)cc4)CC2C3)NC12CCC2. The fourth-order valence-corrected chi connectivity index (χ4v) is 9.67. The van der Waals surface area contributed by atoms with E-state index in [1.165, 1.54) is 35.0 Å². The van der Waals surface area contributed by atoms with Crippen LogP contribution in [0.2, 0.25) is 0 Å². The molecule has 2 atom stereocenters. The van der Waals surface area contributed by atoms with Crippen molar-refractivity contribution in [3.8, 4) is 0 Å². The van der Waals surface area contributed by atoms with Crippen LogP contribution in [0.5, 0.6) is 0 Å². The Kier molecular flexibility index (Phi) is 7.11. The maximum atomic E-state index is 14.1. The molecule has 8 rings (SSSR count). The number of alkyl halides is 3. The molecule has 2 N–H and O–H groups in total. The van der Waals surface area contributed by atoms with Crippen LogP contribution in [-0.2, 0) is 27.5 Å². The van der Waals surface area contributed by atoms with Gasteiger partial charge in [-0.25, -0.2) is 12.8 Å². The second-order valence-electron chi connectivity index (χ2n) is 13.5. The van der Waals surface area contributed by atoms with Crippen molar-refractivity contribution >= 4 is 21.8 Å². The van der Waals surface area contributed by atoms with Crippen LogP contribution >= 0.6 is 0 Å². The number of carbonyl (C=O) groups excluding carboxylic acids is 1. The van der Waals surface area contributed by atoms with Crippen molar-refractivity contribution in [2.24, 2.45) is 22.7 Å². The first-order chi connectivity index (χ1) is 20.9. The van der Waals surface area contributed by atoms with Gasteiger partial charge in [0.2, 0.25) is 15.9 Å². The van der Waals surface area contributed by atoms with Crippen LogP contribution < -0.4 is 10.6 Å². The van der Waals surface area contributed by atoms with Gasteiger partial charge in [-0.05, 0) is 105 Å². The quantitative estimate of drug-likeness (QED) is 0.362. The number of benzene rings is 2. The Morgan fingerprint density at radius 3 is 2.25 bits per heavy atom. The topological polar surface area (TPSA) is 90.9 Å². The van der Waals surface area contributed by atoms with Gasteiger partial charge in [0, 0.05) is 24.5 Å². The van der Waals surface area contributed by atoms with Crippen LogP contribution in [0.25, 0.3) is 0 Å². The zero-order valence-electron chi connectivity index (χ0n) is 24.2. The molecule has 5 saturated carbocycles. The summed E-state index contributed by atoms with van der Waals surface area (Å²) in [4.78, 5) is 18.2. The molecule has 5 fully saturated rings. The number of nitrogens with one attached hydrogen (secondary N) is 2. The maximum Gasteiger partial charge on any atom is 0.416 e. The van der Waals surface area contributed by atoms with Gasteiger partial charge < -0.3 is 10.6 Å². The second kappa shape index (κ2) is 10.5. The van der Waals surface area contributed by atoms with Crippen LogP contribution in [0.4, 0.5) is 17.6 Å². The molecule has 44 heavy (non-hydrogen) atoms. The number of nitrogens with zero attached hydrogens (tertiary/aromatic N) is 2. The van der Waals surface area contributed by atoms with E-state index in [2.05, 4.69) is 10.6 Å². The van der Waals surface area contributed by atoms with Crippen molar-refractivity contribution in [1.82, 2.24) is 14.9 Å². The van der Waals surface area contributed by atoms with Crippen molar-refractivity contribution < 1.29 is 30.8 Å². The van der Waals surface area contributed by atoms with Crippen LogP contribution in [0.3, 0.4) is 0 Å². The molecule has 1 spiro atoms. The standard InChI is InChI=1S/C32H36F4N4O3S/c33-24-9-11-25(12-10-24)44(42,43)40(19-21-5-7-23(8-6-21)32(34,35)36)30-15-22(16-30)26(17-30)28-38-27(31(39-28)13-2-14-31)29(41)37-18-20-3-1-4-20/h5-12,20,22,26-27H,1-4,13-19H2,(H,37,41)(H,38,39)/t22?,26-,27?,30?/m0/s1. The average Bonchev–Trinajstić information content (AvgIpc) is 3.61. The van der Waals surface area contributed by atoms with Crippen molar-refractivity contribution in [3.63, 3.8) is 0 Å². The number of amidine groups is 1. The molecule has 0 radical (unpaired) electrons. The van der Waals surface area contributed by atoms with Gasteiger partial charge in [0.05, 0.1) is 16.0 Å². The summed E-state index contributed by atoms with van der Waals surface area (Å²) in [5.74, 6) is 0.787. The Balaban J connectivity index is 1.15. The van der Waals surface area contributed by atoms with E-state index in [9.17, 15) is 30.8 Å². The Hall–Kier alpha value is -2.99. The van der Waals surface area contributed by atoms with Gasteiger partial charge in [0.25, 0.3) is 0 Å². The summed E-state index contributed by atoms with van der Waals surface area (Å²) < 4.78 is 82.9. The van der Waals surface area contributed by atoms with Gasteiger partial charge in [-0.1, -0.05) is 18.6 Å². The molecule has 1 heterocycles. The van der Waals surface area contributed by atoms with Crippen molar-refractivity contribution in [2.45, 2.75) is 92.5 Å². The Morgan fingerprint density at radius 1 is 1.00 bits per heavy atom. The number of halogens is 4. The number of hydrogen-bond acceptors (Lipinski definition) is 5. The molecule has 7 nitrogen and oxygen atoms in total. The summed E-state index contributed by atoms with van der Waals surface area (Å²) in [6.45, 7) is 0.554. The summed E-state index contributed by atoms with van der Waals surface area (Å²) >= 11 is 0. The molecule has 0 saturated heterocycles. The number of amides is 1. The maximum absolute atomic E-state index is 14.1. The first kappa shape index (κ1) is 29.7. The number of carbonyl (C=O) groups is 1. The van der Waals surface area contributed by atoms with Gasteiger partial charge in [-0.15, -0.1) is 0 Å². The Labute approximate surface area is 254 Å². The molecule has 0 aromatic heterocycles. The van der Waals surface area contributed by atoms with E-state index in [0.29, 0.717) is 37.3 Å². The number of aliphatic imine (C=N–C) groups is 1. The third-order valence-electron chi connectivity index (χ3n) is 10.8. The van der Waals surface area contributed by atoms with Crippen LogP contribution in [0.15, 0.2) is 58.4 Å². The Morgan fingerprint density at radius 2 is 1.68 bits per heavy atom. The normalized spacial score (nSPS) is 29.0. The highest BCUT2D eigenvalue weighted by Gasteiger charge is 2.64. The van der Waals surface area contributed by atoms with E-state index in [0.717, 1.165) is 62.2 Å². The van der Waals surface area contributed by atoms with Gasteiger partial charge in [0.1, 0.15) is 11.7 Å². The lowest BCUT2D eigenvalue weighted by Crippen LogP contribution is -2.60. The molecule has 5 aliphatic carbocycles. The number of rotatable bonds is 9. The summed E-state index contributed by atoms with van der Waals surface area (Å²) in [6, 6.07) is 8.66. The third kappa shape index (κ3) is 5.02. The molecule has 236 valence electrons. The molecular weight excluding hydrogens is 596 g/mol.